The van der Waals surface area contributed by atoms with Crippen molar-refractivity contribution in [1.82, 2.24) is 24.6 Å². The van der Waals surface area contributed by atoms with E-state index < -0.39 is 0 Å². The van der Waals surface area contributed by atoms with Crippen molar-refractivity contribution in [2.45, 2.75) is 32.6 Å². The van der Waals surface area contributed by atoms with E-state index in [4.69, 9.17) is 14.9 Å². The Morgan fingerprint density at radius 2 is 1.79 bits per heavy atom. The molecule has 0 saturated carbocycles. The molecule has 0 atom stereocenters. The smallest absolute Gasteiger partial charge is 0.245 e. The lowest BCUT2D eigenvalue weighted by Gasteiger charge is -2.35. The minimum atomic E-state index is -0.0251. The van der Waals surface area contributed by atoms with Gasteiger partial charge in [0.2, 0.25) is 5.91 Å². The number of fused-ring (bicyclic) bond motifs is 1. The van der Waals surface area contributed by atoms with Gasteiger partial charge in [-0.25, -0.2) is 10.0 Å². The van der Waals surface area contributed by atoms with Gasteiger partial charge in [-0.2, -0.15) is 9.61 Å². The summed E-state index contributed by atoms with van der Waals surface area (Å²) in [4.78, 5) is 26.7. The van der Waals surface area contributed by atoms with Crippen LogP contribution in [-0.4, -0.2) is 89.1 Å². The Bertz CT molecular complexity index is 1600. The highest BCUT2D eigenvalue weighted by atomic mass is 16.7. The molecule has 9 nitrogen and oxygen atoms in total. The molecule has 1 amide bonds. The zero-order valence-corrected chi connectivity index (χ0v) is 25.3. The molecule has 1 aliphatic rings. The zero-order valence-electron chi connectivity index (χ0n) is 25.3. The topological polar surface area (TPSA) is 86.4 Å². The molecule has 4 aromatic rings. The van der Waals surface area contributed by atoms with Crippen LogP contribution in [0.15, 0.2) is 60.7 Å². The van der Waals surface area contributed by atoms with Crippen molar-refractivity contribution in [3.63, 3.8) is 0 Å². The first-order valence-electron chi connectivity index (χ1n) is 14.9. The summed E-state index contributed by atoms with van der Waals surface area (Å²) in [5.41, 5.74) is 6.71. The molecule has 1 saturated heterocycles. The third kappa shape index (κ3) is 7.23. The van der Waals surface area contributed by atoms with Gasteiger partial charge < -0.3 is 10.0 Å². The van der Waals surface area contributed by atoms with E-state index in [0.717, 1.165) is 90.5 Å². The van der Waals surface area contributed by atoms with E-state index in [9.17, 15) is 9.90 Å². The number of aryl methyl sites for hydroxylation is 1. The number of amides is 1. The molecule has 0 aliphatic carbocycles. The molecule has 2 aromatic heterocycles. The second-order valence-corrected chi connectivity index (χ2v) is 10.8. The van der Waals surface area contributed by atoms with Gasteiger partial charge in [-0.1, -0.05) is 54.3 Å². The molecular formula is C34H40N6O3. The largest absolute Gasteiger partial charge is 0.395 e. The summed E-state index contributed by atoms with van der Waals surface area (Å²) in [7, 11) is 3.12. The van der Waals surface area contributed by atoms with Crippen LogP contribution < -0.4 is 4.90 Å². The number of hydroxylamine groups is 2. The molecule has 3 heterocycles. The SMILES string of the molecule is CON(C)C(=O)CCCCC#Cc1cccc(-c2cc(N3CCN(CCO)CC3)n3nc(C)c(-c4ccccc4)c3n2)c1. The van der Waals surface area contributed by atoms with E-state index >= 15 is 0 Å². The summed E-state index contributed by atoms with van der Waals surface area (Å²) in [6, 6.07) is 20.7. The summed E-state index contributed by atoms with van der Waals surface area (Å²) >= 11 is 0. The first kappa shape index (κ1) is 30.2. The van der Waals surface area contributed by atoms with Gasteiger partial charge in [0.25, 0.3) is 0 Å². The van der Waals surface area contributed by atoms with Crippen molar-refractivity contribution in [2.75, 3.05) is 58.4 Å². The standard InChI is InChI=1S/C34H40N6O3/c1-26-33(28-14-8-6-9-15-28)34-35-30(25-31(40(34)36-26)39-20-18-38(19-21-39)22-23-41)29-16-11-13-27(24-29)12-7-4-5-10-17-32(42)37(2)43-3/h6,8-9,11,13-16,24-25,41H,4-5,10,17-23H2,1-3H3. The average Bonchev–Trinajstić information content (AvgIpc) is 3.38. The normalized spacial score (nSPS) is 13.6. The monoisotopic (exact) mass is 580 g/mol. The first-order valence-corrected chi connectivity index (χ1v) is 14.9. The predicted molar refractivity (Wildman–Crippen MR) is 169 cm³/mol. The summed E-state index contributed by atoms with van der Waals surface area (Å²) < 4.78 is 1.99. The van der Waals surface area contributed by atoms with Crippen LogP contribution in [0.25, 0.3) is 28.0 Å². The fraction of sp³-hybridized carbons (Fsp3) is 0.382. The minimum absolute atomic E-state index is 0.0251. The number of anilines is 1. The maximum absolute atomic E-state index is 11.9. The second kappa shape index (κ2) is 14.3. The summed E-state index contributed by atoms with van der Waals surface area (Å²) in [5, 5.41) is 15.6. The van der Waals surface area contributed by atoms with E-state index in [1.165, 1.54) is 12.2 Å². The summed E-state index contributed by atoms with van der Waals surface area (Å²) in [6.07, 6.45) is 2.80. The van der Waals surface area contributed by atoms with Crippen LogP contribution in [0, 0.1) is 18.8 Å². The number of piperazine rings is 1. The Labute approximate surface area is 253 Å². The quantitative estimate of drug-likeness (QED) is 0.169. The number of benzene rings is 2. The molecule has 0 bridgehead atoms. The molecule has 9 heteroatoms. The molecule has 1 aliphatic heterocycles. The van der Waals surface area contributed by atoms with Crippen LogP contribution in [-0.2, 0) is 9.63 Å². The molecule has 1 fully saturated rings. The molecule has 0 unspecified atom stereocenters. The van der Waals surface area contributed by atoms with E-state index in [-0.39, 0.29) is 12.5 Å². The Morgan fingerprint density at radius 1 is 1.02 bits per heavy atom. The van der Waals surface area contributed by atoms with Crippen LogP contribution >= 0.6 is 0 Å². The Hall–Kier alpha value is -4.23. The molecule has 224 valence electrons. The van der Waals surface area contributed by atoms with Crippen LogP contribution in [0.4, 0.5) is 5.82 Å². The molecule has 43 heavy (non-hydrogen) atoms. The van der Waals surface area contributed by atoms with E-state index in [0.29, 0.717) is 13.0 Å². The highest BCUT2D eigenvalue weighted by molar-refractivity contribution is 5.83. The van der Waals surface area contributed by atoms with Crippen molar-refractivity contribution >= 4 is 17.4 Å². The Morgan fingerprint density at radius 3 is 2.53 bits per heavy atom. The van der Waals surface area contributed by atoms with Crippen molar-refractivity contribution in [3.05, 3.63) is 71.9 Å². The van der Waals surface area contributed by atoms with E-state index in [2.05, 4.69) is 52.0 Å². The molecule has 0 spiro atoms. The highest BCUT2D eigenvalue weighted by Gasteiger charge is 2.23. The van der Waals surface area contributed by atoms with Crippen molar-refractivity contribution < 1.29 is 14.7 Å². The number of β-amino-alcohol motifs (C(OH)–C–C–N with tert-alkyl or cyclic N) is 1. The van der Waals surface area contributed by atoms with Crippen LogP contribution in [0.3, 0.4) is 0 Å². The Kier molecular flexibility index (Phi) is 10.1. The van der Waals surface area contributed by atoms with Gasteiger partial charge in [0.15, 0.2) is 5.65 Å². The lowest BCUT2D eigenvalue weighted by atomic mass is 10.1. The van der Waals surface area contributed by atoms with Gasteiger partial charge in [-0.3, -0.25) is 14.5 Å². The third-order valence-corrected chi connectivity index (χ3v) is 7.88. The van der Waals surface area contributed by atoms with Gasteiger partial charge in [0, 0.05) is 75.4 Å². The number of nitrogens with zero attached hydrogens (tertiary/aromatic N) is 6. The van der Waals surface area contributed by atoms with Crippen LogP contribution in [0.5, 0.6) is 0 Å². The van der Waals surface area contributed by atoms with Gasteiger partial charge in [-0.05, 0) is 37.5 Å². The van der Waals surface area contributed by atoms with Crippen LogP contribution in [0.1, 0.15) is 36.9 Å². The number of aliphatic hydroxyl groups is 1. The number of hydrogen-bond acceptors (Lipinski definition) is 7. The Balaban J connectivity index is 1.43. The fourth-order valence-corrected chi connectivity index (χ4v) is 5.44. The summed E-state index contributed by atoms with van der Waals surface area (Å²) in [5.74, 6) is 7.55. The average molecular weight is 581 g/mol. The fourth-order valence-electron chi connectivity index (χ4n) is 5.44. The first-order chi connectivity index (χ1) is 21.0. The highest BCUT2D eigenvalue weighted by Crippen LogP contribution is 2.33. The van der Waals surface area contributed by atoms with Gasteiger partial charge in [-0.15, -0.1) is 0 Å². The van der Waals surface area contributed by atoms with Gasteiger partial charge >= 0.3 is 0 Å². The minimum Gasteiger partial charge on any atom is -0.395 e. The molecule has 1 N–H and O–H groups in total. The lowest BCUT2D eigenvalue weighted by molar-refractivity contribution is -0.168. The summed E-state index contributed by atoms with van der Waals surface area (Å²) in [6.45, 7) is 6.37. The van der Waals surface area contributed by atoms with Crippen LogP contribution in [0.2, 0.25) is 0 Å². The zero-order chi connectivity index (χ0) is 30.2. The lowest BCUT2D eigenvalue weighted by Crippen LogP contribution is -2.47. The number of unbranched alkanes of at least 4 members (excludes halogenated alkanes) is 2. The molecular weight excluding hydrogens is 540 g/mol. The van der Waals surface area contributed by atoms with Crippen molar-refractivity contribution in [2.24, 2.45) is 0 Å². The number of aliphatic hydroxyl groups excluding tert-OH is 1. The predicted octanol–water partition coefficient (Wildman–Crippen LogP) is 4.42. The third-order valence-electron chi connectivity index (χ3n) is 7.88. The van der Waals surface area contributed by atoms with Gasteiger partial charge in [0.1, 0.15) is 5.82 Å². The number of rotatable bonds is 10. The van der Waals surface area contributed by atoms with Crippen molar-refractivity contribution in [1.29, 1.82) is 0 Å². The maximum Gasteiger partial charge on any atom is 0.245 e. The van der Waals surface area contributed by atoms with E-state index in [1.54, 1.807) is 7.05 Å². The number of aromatic nitrogens is 3. The molecule has 2 aromatic carbocycles. The number of carbonyl (C=O) groups is 1. The van der Waals surface area contributed by atoms with E-state index in [1.807, 2.05) is 41.8 Å². The maximum atomic E-state index is 11.9. The molecule has 5 rings (SSSR count). The number of carbonyl (C=O) groups excluding carboxylic acids is 1. The number of hydrogen-bond donors (Lipinski definition) is 1. The molecule has 0 radical (unpaired) electrons. The van der Waals surface area contributed by atoms with Crippen molar-refractivity contribution in [3.8, 4) is 34.2 Å². The van der Waals surface area contributed by atoms with Gasteiger partial charge in [0.05, 0.1) is 25.1 Å². The second-order valence-electron chi connectivity index (χ2n) is 10.8.